The monoisotopic (exact) mass is 438 g/mol. The number of carbonyl (C=O) groups excluding carboxylic acids is 1. The summed E-state index contributed by atoms with van der Waals surface area (Å²) in [5.41, 5.74) is 1.46. The van der Waals surface area contributed by atoms with Crippen LogP contribution in [0.25, 0.3) is 22.0 Å². The molecular formula is C22H26N6O2S. The van der Waals surface area contributed by atoms with E-state index in [0.717, 1.165) is 39.6 Å². The van der Waals surface area contributed by atoms with Crippen LogP contribution < -0.4 is 10.6 Å². The second-order valence-electron chi connectivity index (χ2n) is 7.51. The van der Waals surface area contributed by atoms with E-state index in [4.69, 9.17) is 9.40 Å². The normalized spacial score (nSPS) is 11.5. The molecule has 0 unspecified atom stereocenters. The van der Waals surface area contributed by atoms with E-state index in [1.807, 2.05) is 24.3 Å². The van der Waals surface area contributed by atoms with Gasteiger partial charge < -0.3 is 15.1 Å². The van der Waals surface area contributed by atoms with E-state index in [9.17, 15) is 4.79 Å². The number of carbonyl (C=O) groups is 1. The van der Waals surface area contributed by atoms with Crippen molar-refractivity contribution in [2.24, 2.45) is 0 Å². The second-order valence-corrected chi connectivity index (χ2v) is 8.57. The summed E-state index contributed by atoms with van der Waals surface area (Å²) in [6.45, 7) is 7.18. The molecule has 1 aromatic carbocycles. The van der Waals surface area contributed by atoms with Crippen molar-refractivity contribution in [1.82, 2.24) is 25.1 Å². The Labute approximate surface area is 184 Å². The van der Waals surface area contributed by atoms with Gasteiger partial charge >= 0.3 is 0 Å². The van der Waals surface area contributed by atoms with Gasteiger partial charge in [-0.2, -0.15) is 5.10 Å². The molecule has 0 saturated heterocycles. The number of para-hydroxylation sites is 1. The summed E-state index contributed by atoms with van der Waals surface area (Å²) < 4.78 is 7.43. The average Bonchev–Trinajstić information content (AvgIpc) is 3.36. The predicted molar refractivity (Wildman–Crippen MR) is 124 cm³/mol. The first-order chi connectivity index (χ1) is 15.0. The number of rotatable bonds is 9. The highest BCUT2D eigenvalue weighted by molar-refractivity contribution is 7.99. The molecule has 162 valence electrons. The van der Waals surface area contributed by atoms with Crippen molar-refractivity contribution < 1.29 is 9.21 Å². The van der Waals surface area contributed by atoms with Gasteiger partial charge in [0.25, 0.3) is 5.91 Å². The zero-order valence-corrected chi connectivity index (χ0v) is 18.7. The summed E-state index contributed by atoms with van der Waals surface area (Å²) in [5, 5.41) is 13.3. The van der Waals surface area contributed by atoms with Crippen LogP contribution in [0.1, 0.15) is 37.7 Å². The molecule has 4 aromatic rings. The maximum absolute atomic E-state index is 12.5. The maximum atomic E-state index is 12.5. The van der Waals surface area contributed by atoms with Gasteiger partial charge in [0, 0.05) is 23.7 Å². The number of thioether (sulfide) groups is 1. The fourth-order valence-electron chi connectivity index (χ4n) is 3.20. The van der Waals surface area contributed by atoms with Gasteiger partial charge in [-0.3, -0.25) is 4.79 Å². The fourth-order valence-corrected chi connectivity index (χ4v) is 3.89. The zero-order valence-electron chi connectivity index (χ0n) is 17.9. The van der Waals surface area contributed by atoms with Gasteiger partial charge in [-0.1, -0.05) is 36.9 Å². The van der Waals surface area contributed by atoms with Crippen molar-refractivity contribution in [1.29, 1.82) is 0 Å². The Hall–Kier alpha value is -3.07. The van der Waals surface area contributed by atoms with Crippen molar-refractivity contribution in [2.45, 2.75) is 44.9 Å². The number of furan rings is 1. The quantitative estimate of drug-likeness (QED) is 0.296. The minimum atomic E-state index is -0.247. The molecule has 0 saturated carbocycles. The Bertz CT molecular complexity index is 1170. The third-order valence-corrected chi connectivity index (χ3v) is 5.65. The molecule has 0 bridgehead atoms. The van der Waals surface area contributed by atoms with Crippen molar-refractivity contribution in [2.75, 3.05) is 17.6 Å². The van der Waals surface area contributed by atoms with Crippen LogP contribution in [-0.2, 0) is 6.54 Å². The molecule has 3 heterocycles. The molecular weight excluding hydrogens is 412 g/mol. The summed E-state index contributed by atoms with van der Waals surface area (Å²) >= 11 is 1.63. The number of hydrogen-bond acceptors (Lipinski definition) is 7. The molecule has 0 atom stereocenters. The van der Waals surface area contributed by atoms with Crippen LogP contribution in [-0.4, -0.2) is 44.0 Å². The van der Waals surface area contributed by atoms with E-state index in [1.54, 1.807) is 28.7 Å². The summed E-state index contributed by atoms with van der Waals surface area (Å²) in [6.07, 6.45) is 2.82. The molecule has 0 fully saturated rings. The predicted octanol–water partition coefficient (Wildman–Crippen LogP) is 4.32. The van der Waals surface area contributed by atoms with Gasteiger partial charge in [0.1, 0.15) is 11.4 Å². The lowest BCUT2D eigenvalue weighted by molar-refractivity contribution is 0.0926. The summed E-state index contributed by atoms with van der Waals surface area (Å²) in [7, 11) is 0. The molecule has 2 N–H and O–H groups in total. The van der Waals surface area contributed by atoms with Crippen LogP contribution in [0.2, 0.25) is 0 Å². The Morgan fingerprint density at radius 2 is 2.10 bits per heavy atom. The first kappa shape index (κ1) is 21.2. The lowest BCUT2D eigenvalue weighted by Gasteiger charge is -2.12. The van der Waals surface area contributed by atoms with Crippen molar-refractivity contribution >= 4 is 45.5 Å². The van der Waals surface area contributed by atoms with E-state index < -0.39 is 0 Å². The number of nitrogens with one attached hydrogen (secondary N) is 2. The lowest BCUT2D eigenvalue weighted by Crippen LogP contribution is -2.27. The van der Waals surface area contributed by atoms with E-state index in [2.05, 4.69) is 41.5 Å². The standard InChI is InChI=1S/C22H26N6O2S/c1-4-11-31-22-26-19(25-14(2)3)16-13-24-28(20(16)27-22)10-9-23-21(29)18-12-15-7-5-6-8-17(15)30-18/h5-8,12-14H,4,9-11H2,1-3H3,(H,23,29)(H,25,26,27). The SMILES string of the molecule is CCCSc1nc(NC(C)C)c2cnn(CCNC(=O)c3cc4ccccc4o3)c2n1. The minimum Gasteiger partial charge on any atom is -0.451 e. The Balaban J connectivity index is 1.49. The molecule has 31 heavy (non-hydrogen) atoms. The number of aromatic nitrogens is 4. The van der Waals surface area contributed by atoms with E-state index in [-0.39, 0.29) is 11.9 Å². The molecule has 1 amide bonds. The summed E-state index contributed by atoms with van der Waals surface area (Å²) in [4.78, 5) is 21.9. The van der Waals surface area contributed by atoms with Crippen LogP contribution in [0.5, 0.6) is 0 Å². The molecule has 4 rings (SSSR count). The van der Waals surface area contributed by atoms with E-state index in [0.29, 0.717) is 24.4 Å². The second kappa shape index (κ2) is 9.38. The van der Waals surface area contributed by atoms with Crippen LogP contribution in [0, 0.1) is 0 Å². The first-order valence-corrected chi connectivity index (χ1v) is 11.4. The molecule has 0 aliphatic heterocycles. The largest absolute Gasteiger partial charge is 0.451 e. The smallest absolute Gasteiger partial charge is 0.287 e. The van der Waals surface area contributed by atoms with Crippen molar-refractivity contribution in [3.8, 4) is 0 Å². The Kier molecular flexibility index (Phi) is 6.41. The molecule has 0 aliphatic rings. The lowest BCUT2D eigenvalue weighted by atomic mass is 10.2. The molecule has 0 aliphatic carbocycles. The van der Waals surface area contributed by atoms with E-state index in [1.165, 1.54) is 0 Å². The third kappa shape index (κ3) is 4.82. The van der Waals surface area contributed by atoms with Crippen molar-refractivity contribution in [3.63, 3.8) is 0 Å². The molecule has 8 nitrogen and oxygen atoms in total. The number of anilines is 1. The molecule has 3 aromatic heterocycles. The number of hydrogen-bond donors (Lipinski definition) is 2. The summed E-state index contributed by atoms with van der Waals surface area (Å²) in [6, 6.07) is 9.56. The Morgan fingerprint density at radius 3 is 2.87 bits per heavy atom. The topological polar surface area (TPSA) is 97.9 Å². The van der Waals surface area contributed by atoms with Crippen molar-refractivity contribution in [3.05, 3.63) is 42.3 Å². The highest BCUT2D eigenvalue weighted by Crippen LogP contribution is 2.25. The minimum absolute atomic E-state index is 0.244. The number of nitrogens with zero attached hydrogens (tertiary/aromatic N) is 4. The Morgan fingerprint density at radius 1 is 1.26 bits per heavy atom. The highest BCUT2D eigenvalue weighted by Gasteiger charge is 2.15. The number of benzene rings is 1. The van der Waals surface area contributed by atoms with Gasteiger partial charge in [0.15, 0.2) is 16.6 Å². The van der Waals surface area contributed by atoms with Crippen LogP contribution in [0.15, 0.2) is 46.1 Å². The third-order valence-electron chi connectivity index (χ3n) is 4.59. The number of fused-ring (bicyclic) bond motifs is 2. The van der Waals surface area contributed by atoms with Gasteiger partial charge in [-0.15, -0.1) is 0 Å². The number of amides is 1. The van der Waals surface area contributed by atoms with Crippen LogP contribution in [0.4, 0.5) is 5.82 Å². The van der Waals surface area contributed by atoms with E-state index >= 15 is 0 Å². The van der Waals surface area contributed by atoms with Gasteiger partial charge in [0.05, 0.1) is 18.1 Å². The first-order valence-electron chi connectivity index (χ1n) is 10.4. The van der Waals surface area contributed by atoms with Gasteiger partial charge in [-0.05, 0) is 32.4 Å². The van der Waals surface area contributed by atoms with Gasteiger partial charge in [-0.25, -0.2) is 14.6 Å². The van der Waals surface area contributed by atoms with Crippen LogP contribution in [0.3, 0.4) is 0 Å². The van der Waals surface area contributed by atoms with Crippen LogP contribution >= 0.6 is 11.8 Å². The average molecular weight is 439 g/mol. The molecule has 0 spiro atoms. The fraction of sp³-hybridized carbons (Fsp3) is 0.364. The molecule has 0 radical (unpaired) electrons. The zero-order chi connectivity index (χ0) is 21.8. The summed E-state index contributed by atoms with van der Waals surface area (Å²) in [5.74, 6) is 1.80. The van der Waals surface area contributed by atoms with Gasteiger partial charge in [0.2, 0.25) is 0 Å². The maximum Gasteiger partial charge on any atom is 0.287 e. The highest BCUT2D eigenvalue weighted by atomic mass is 32.2. The molecule has 9 heteroatoms.